The van der Waals surface area contributed by atoms with Crippen LogP contribution >= 0.6 is 11.6 Å². The number of benzene rings is 2. The van der Waals surface area contributed by atoms with Gasteiger partial charge >= 0.3 is 5.97 Å². The van der Waals surface area contributed by atoms with Gasteiger partial charge in [0.1, 0.15) is 34.4 Å². The van der Waals surface area contributed by atoms with Crippen molar-refractivity contribution in [3.8, 4) is 5.88 Å². The first-order valence-corrected chi connectivity index (χ1v) is 20.7. The Labute approximate surface area is 330 Å². The molecule has 2 aromatic heterocycles. The lowest BCUT2D eigenvalue weighted by Gasteiger charge is -2.35. The van der Waals surface area contributed by atoms with E-state index in [0.29, 0.717) is 45.3 Å². The van der Waals surface area contributed by atoms with Crippen LogP contribution in [0.2, 0.25) is 5.02 Å². The fourth-order valence-corrected chi connectivity index (χ4v) is 9.07. The number of likely N-dealkylation sites (tertiary alicyclic amines) is 1. The number of amides is 3. The minimum Gasteiger partial charge on any atom is -0.472 e. The Morgan fingerprint density at radius 1 is 1.07 bits per heavy atom. The van der Waals surface area contributed by atoms with Crippen molar-refractivity contribution in [2.45, 2.75) is 102 Å². The number of fused-ring (bicyclic) bond motifs is 5. The van der Waals surface area contributed by atoms with Crippen LogP contribution < -0.4 is 14.8 Å². The van der Waals surface area contributed by atoms with Gasteiger partial charge in [0.25, 0.3) is 5.91 Å². The molecule has 15 heteroatoms. The van der Waals surface area contributed by atoms with E-state index in [1.54, 1.807) is 39.0 Å². The van der Waals surface area contributed by atoms with Crippen molar-refractivity contribution in [3.05, 3.63) is 60.1 Å². The molecule has 0 bridgehead atoms. The predicted octanol–water partition coefficient (Wildman–Crippen LogP) is 6.20. The largest absolute Gasteiger partial charge is 0.472 e. The summed E-state index contributed by atoms with van der Waals surface area (Å²) in [5, 5.41) is 4.74. The van der Waals surface area contributed by atoms with Crippen molar-refractivity contribution in [1.82, 2.24) is 19.9 Å². The standard InChI is InChI=1S/C41H47ClN4O9S/c1-8-22-20-41(22,38(50)45-56(51,52)25-14-15-25)44-35(48)30-18-24(21-46(30)37(49)29(39(2,3)4)19-32(47)55-40(5,6)7)53-36-27-12-10-9-11-26(27)34-33(43-36)28-17-23(42)13-16-31(28)54-34/h8-13,16-17,22,24-25,29-30H,1,14-15,18-21H2,2-7H3,(H,44,48)(H,45,50)/t22-,24-,29-,30+,41-/m1/s1. The number of hydrogen-bond donors (Lipinski definition) is 2. The number of esters is 1. The summed E-state index contributed by atoms with van der Waals surface area (Å²) >= 11 is 6.35. The second-order valence-corrected chi connectivity index (χ2v) is 19.7. The van der Waals surface area contributed by atoms with Crippen molar-refractivity contribution in [3.63, 3.8) is 0 Å². The molecular weight excluding hydrogens is 760 g/mol. The molecule has 56 heavy (non-hydrogen) atoms. The number of aromatic nitrogens is 1. The smallest absolute Gasteiger partial charge is 0.307 e. The molecule has 3 amide bonds. The van der Waals surface area contributed by atoms with Crippen molar-refractivity contribution in [2.24, 2.45) is 17.3 Å². The van der Waals surface area contributed by atoms with Gasteiger partial charge in [0.15, 0.2) is 5.58 Å². The van der Waals surface area contributed by atoms with Gasteiger partial charge in [-0.2, -0.15) is 0 Å². The minimum absolute atomic E-state index is 0.00368. The molecule has 4 aromatic rings. The maximum absolute atomic E-state index is 14.7. The van der Waals surface area contributed by atoms with Crippen LogP contribution in [0.4, 0.5) is 0 Å². The summed E-state index contributed by atoms with van der Waals surface area (Å²) in [4.78, 5) is 62.2. The predicted molar refractivity (Wildman–Crippen MR) is 211 cm³/mol. The van der Waals surface area contributed by atoms with Crippen LogP contribution in [-0.2, 0) is 33.9 Å². The topological polar surface area (TPSA) is 174 Å². The molecule has 13 nitrogen and oxygen atoms in total. The monoisotopic (exact) mass is 806 g/mol. The highest BCUT2D eigenvalue weighted by Gasteiger charge is 2.62. The second kappa shape index (κ2) is 14.0. The third-order valence-corrected chi connectivity index (χ3v) is 12.8. The van der Waals surface area contributed by atoms with Gasteiger partial charge in [0.05, 0.1) is 24.1 Å². The molecule has 2 aromatic carbocycles. The Kier molecular flexibility index (Phi) is 9.92. The number of halogens is 1. The van der Waals surface area contributed by atoms with E-state index < -0.39 is 79.5 Å². The van der Waals surface area contributed by atoms with Gasteiger partial charge in [-0.05, 0) is 69.7 Å². The van der Waals surface area contributed by atoms with Gasteiger partial charge in [0.2, 0.25) is 27.7 Å². The zero-order valence-corrected chi connectivity index (χ0v) is 33.9. The average molecular weight is 807 g/mol. The number of nitrogens with zero attached hydrogens (tertiary/aromatic N) is 2. The number of ether oxygens (including phenoxy) is 2. The number of sulfonamides is 1. The molecular formula is C41H47ClN4O9S. The van der Waals surface area contributed by atoms with Crippen molar-refractivity contribution in [2.75, 3.05) is 6.54 Å². The third kappa shape index (κ3) is 7.69. The molecule has 7 rings (SSSR count). The normalized spacial score (nSPS) is 23.2. The van der Waals surface area contributed by atoms with E-state index in [4.69, 9.17) is 30.5 Å². The van der Waals surface area contributed by atoms with Gasteiger partial charge in [0, 0.05) is 33.5 Å². The van der Waals surface area contributed by atoms with Gasteiger partial charge in [-0.15, -0.1) is 6.58 Å². The lowest BCUT2D eigenvalue weighted by Crippen LogP contribution is -2.57. The summed E-state index contributed by atoms with van der Waals surface area (Å²) in [6.45, 7) is 14.5. The Hall–Kier alpha value is -4.69. The van der Waals surface area contributed by atoms with Gasteiger partial charge in [-0.25, -0.2) is 13.4 Å². The van der Waals surface area contributed by atoms with Crippen LogP contribution in [0.1, 0.15) is 73.6 Å². The van der Waals surface area contributed by atoms with E-state index in [9.17, 15) is 27.6 Å². The number of rotatable bonds is 11. The van der Waals surface area contributed by atoms with Crippen LogP contribution in [-0.4, -0.2) is 77.1 Å². The number of hydrogen-bond acceptors (Lipinski definition) is 10. The summed E-state index contributed by atoms with van der Waals surface area (Å²) in [5.74, 6) is -3.72. The highest BCUT2D eigenvalue weighted by Crippen LogP contribution is 2.46. The molecule has 2 aliphatic carbocycles. The van der Waals surface area contributed by atoms with Gasteiger partial charge < -0.3 is 24.1 Å². The molecule has 1 saturated heterocycles. The summed E-state index contributed by atoms with van der Waals surface area (Å²) in [5.41, 5.74) is -1.42. The van der Waals surface area contributed by atoms with Gasteiger partial charge in [-0.3, -0.25) is 23.9 Å². The first-order valence-electron chi connectivity index (χ1n) is 18.8. The van der Waals surface area contributed by atoms with Crippen molar-refractivity contribution < 1.29 is 41.5 Å². The number of furan rings is 1. The van der Waals surface area contributed by atoms with Crippen molar-refractivity contribution in [1.29, 1.82) is 0 Å². The SMILES string of the molecule is C=C[C@@H]1C[C@]1(NC(=O)[C@@H]1C[C@@H](Oc2nc3c4cc(Cl)ccc4oc3c3ccccc23)CN1C(=O)[C@@H](CC(=O)OC(C)(C)C)C(C)(C)C)C(=O)NS(=O)(=O)C1CC1. The molecule has 0 unspecified atom stereocenters. The fraction of sp³-hybridized carbons (Fsp3) is 0.488. The Morgan fingerprint density at radius 2 is 1.77 bits per heavy atom. The molecule has 0 radical (unpaired) electrons. The average Bonchev–Trinajstić information content (AvgIpc) is 4.02. The molecule has 1 aliphatic heterocycles. The Bertz CT molecular complexity index is 2390. The summed E-state index contributed by atoms with van der Waals surface area (Å²) in [6, 6.07) is 11.5. The maximum atomic E-state index is 14.7. The lowest BCUT2D eigenvalue weighted by atomic mass is 9.77. The highest BCUT2D eigenvalue weighted by molar-refractivity contribution is 7.91. The van der Waals surface area contributed by atoms with Gasteiger partial charge in [-0.1, -0.05) is 56.6 Å². The summed E-state index contributed by atoms with van der Waals surface area (Å²) < 4.78 is 46.1. The summed E-state index contributed by atoms with van der Waals surface area (Å²) in [6.07, 6.45) is 1.55. The highest BCUT2D eigenvalue weighted by atomic mass is 35.5. The van der Waals surface area contributed by atoms with Crippen LogP contribution in [0.5, 0.6) is 5.88 Å². The first kappa shape index (κ1) is 39.5. The molecule has 3 aliphatic rings. The minimum atomic E-state index is -3.92. The molecule has 2 N–H and O–H groups in total. The molecule has 0 spiro atoms. The Balaban J connectivity index is 1.23. The maximum Gasteiger partial charge on any atom is 0.307 e. The molecule has 5 atom stereocenters. The van der Waals surface area contributed by atoms with Crippen LogP contribution in [0, 0.1) is 17.3 Å². The summed E-state index contributed by atoms with van der Waals surface area (Å²) in [7, 11) is -3.92. The molecule has 3 heterocycles. The zero-order chi connectivity index (χ0) is 40.5. The number of pyridine rings is 1. The van der Waals surface area contributed by atoms with Crippen molar-refractivity contribution >= 4 is 78.2 Å². The van der Waals surface area contributed by atoms with E-state index >= 15 is 0 Å². The Morgan fingerprint density at radius 3 is 2.39 bits per heavy atom. The fourth-order valence-electron chi connectivity index (χ4n) is 7.54. The first-order chi connectivity index (χ1) is 26.2. The number of nitrogens with one attached hydrogen (secondary N) is 2. The zero-order valence-electron chi connectivity index (χ0n) is 32.3. The number of carbonyl (C=O) groups excluding carboxylic acids is 4. The second-order valence-electron chi connectivity index (χ2n) is 17.3. The van der Waals surface area contributed by atoms with E-state index in [2.05, 4.69) is 16.6 Å². The van der Waals surface area contributed by atoms with Crippen LogP contribution in [0.3, 0.4) is 0 Å². The molecule has 2 saturated carbocycles. The van der Waals surface area contributed by atoms with E-state index in [0.717, 1.165) is 5.39 Å². The molecule has 298 valence electrons. The van der Waals surface area contributed by atoms with Crippen LogP contribution in [0.25, 0.3) is 32.8 Å². The lowest BCUT2D eigenvalue weighted by molar-refractivity contribution is -0.161. The van der Waals surface area contributed by atoms with E-state index in [1.165, 1.54) is 11.0 Å². The third-order valence-electron chi connectivity index (χ3n) is 10.7. The quantitative estimate of drug-likeness (QED) is 0.131. The van der Waals surface area contributed by atoms with Crippen LogP contribution in [0.15, 0.2) is 59.5 Å². The van der Waals surface area contributed by atoms with E-state index in [1.807, 2.05) is 45.0 Å². The van der Waals surface area contributed by atoms with E-state index in [-0.39, 0.29) is 31.7 Å². The number of carbonyl (C=O) groups is 4. The molecule has 3 fully saturated rings.